The molecule has 2 N–H and O–H groups in total. The van der Waals surface area contributed by atoms with E-state index in [1.165, 1.54) is 51.4 Å². The molecule has 22 heavy (non-hydrogen) atoms. The highest BCUT2D eigenvalue weighted by Crippen LogP contribution is 2.12. The molecule has 0 aliphatic carbocycles. The average Bonchev–Trinajstić information content (AvgIpc) is 2.46. The molecule has 4 heteroatoms. The van der Waals surface area contributed by atoms with Crippen LogP contribution in [0.1, 0.15) is 84.0 Å². The molecular formula is C18H32O4. The van der Waals surface area contributed by atoms with Crippen LogP contribution in [0.15, 0.2) is 12.2 Å². The number of carboxylic acids is 2. The molecule has 128 valence electrons. The smallest absolute Gasteiger partial charge is 0.307 e. The lowest BCUT2D eigenvalue weighted by Gasteiger charge is -2.05. The predicted octanol–water partition coefficient (Wildman–Crippen LogP) is 5.03. The van der Waals surface area contributed by atoms with Gasteiger partial charge in [0.2, 0.25) is 0 Å². The molecule has 0 aromatic rings. The number of allylic oxidation sites excluding steroid dienone is 2. The van der Waals surface area contributed by atoms with Crippen LogP contribution in [0.3, 0.4) is 0 Å². The summed E-state index contributed by atoms with van der Waals surface area (Å²) in [6.45, 7) is 2.23. The first-order valence-corrected chi connectivity index (χ1v) is 8.67. The molecule has 0 heterocycles. The second-order valence-corrected chi connectivity index (χ2v) is 5.96. The van der Waals surface area contributed by atoms with E-state index in [0.717, 1.165) is 12.8 Å². The Kier molecular flexibility index (Phi) is 13.7. The van der Waals surface area contributed by atoms with Crippen LogP contribution in [0.25, 0.3) is 0 Å². The summed E-state index contributed by atoms with van der Waals surface area (Å²) in [6.07, 6.45) is 16.4. The summed E-state index contributed by atoms with van der Waals surface area (Å²) in [7, 11) is 0. The van der Waals surface area contributed by atoms with Crippen molar-refractivity contribution in [2.75, 3.05) is 0 Å². The van der Waals surface area contributed by atoms with Gasteiger partial charge >= 0.3 is 11.9 Å². The van der Waals surface area contributed by atoms with Crippen LogP contribution in [-0.4, -0.2) is 22.2 Å². The van der Waals surface area contributed by atoms with E-state index in [9.17, 15) is 9.59 Å². The number of aliphatic carboxylic acids is 2. The topological polar surface area (TPSA) is 74.6 Å². The first-order chi connectivity index (χ1) is 10.6. The largest absolute Gasteiger partial charge is 0.481 e. The molecular weight excluding hydrogens is 280 g/mol. The van der Waals surface area contributed by atoms with E-state index in [0.29, 0.717) is 6.42 Å². The Morgan fingerprint density at radius 3 is 1.91 bits per heavy atom. The van der Waals surface area contributed by atoms with Gasteiger partial charge in [-0.3, -0.25) is 9.59 Å². The lowest BCUT2D eigenvalue weighted by atomic mass is 10.0. The molecule has 0 saturated heterocycles. The van der Waals surface area contributed by atoms with Crippen LogP contribution in [0, 0.1) is 5.92 Å². The molecule has 0 rings (SSSR count). The van der Waals surface area contributed by atoms with Crippen molar-refractivity contribution in [1.29, 1.82) is 0 Å². The minimum atomic E-state index is -1.06. The fourth-order valence-electron chi connectivity index (χ4n) is 2.43. The van der Waals surface area contributed by atoms with E-state index in [1.807, 2.05) is 12.2 Å². The molecule has 0 amide bonds. The quantitative estimate of drug-likeness (QED) is 0.328. The van der Waals surface area contributed by atoms with Crippen molar-refractivity contribution in [2.24, 2.45) is 5.92 Å². The second kappa shape index (κ2) is 14.6. The van der Waals surface area contributed by atoms with E-state index >= 15 is 0 Å². The number of unbranched alkanes of at least 4 members (excludes halogenated alkanes) is 9. The molecule has 0 aromatic carbocycles. The molecule has 0 bridgehead atoms. The van der Waals surface area contributed by atoms with E-state index < -0.39 is 17.9 Å². The van der Waals surface area contributed by atoms with Crippen molar-refractivity contribution in [3.05, 3.63) is 12.2 Å². The third-order valence-corrected chi connectivity index (χ3v) is 3.83. The molecule has 0 aliphatic heterocycles. The van der Waals surface area contributed by atoms with Gasteiger partial charge in [0.1, 0.15) is 0 Å². The van der Waals surface area contributed by atoms with Gasteiger partial charge in [-0.1, -0.05) is 70.4 Å². The third-order valence-electron chi connectivity index (χ3n) is 3.83. The number of carbonyl (C=O) groups is 2. The molecule has 1 atom stereocenters. The molecule has 0 spiro atoms. The van der Waals surface area contributed by atoms with E-state index in [2.05, 4.69) is 6.92 Å². The summed E-state index contributed by atoms with van der Waals surface area (Å²) in [5.74, 6) is -2.90. The molecule has 1 unspecified atom stereocenters. The van der Waals surface area contributed by atoms with Gasteiger partial charge in [-0.25, -0.2) is 0 Å². The first kappa shape index (κ1) is 20.7. The maximum absolute atomic E-state index is 10.9. The van der Waals surface area contributed by atoms with Crippen molar-refractivity contribution in [3.8, 4) is 0 Å². The Labute approximate surface area is 134 Å². The summed E-state index contributed by atoms with van der Waals surface area (Å²) in [6, 6.07) is 0. The maximum atomic E-state index is 10.9. The van der Waals surface area contributed by atoms with Gasteiger partial charge in [-0.2, -0.15) is 0 Å². The highest BCUT2D eigenvalue weighted by Gasteiger charge is 2.18. The highest BCUT2D eigenvalue weighted by molar-refractivity contribution is 5.77. The summed E-state index contributed by atoms with van der Waals surface area (Å²) in [5.41, 5.74) is 0. The van der Waals surface area contributed by atoms with Crippen LogP contribution in [0.5, 0.6) is 0 Å². The maximum Gasteiger partial charge on any atom is 0.307 e. The summed E-state index contributed by atoms with van der Waals surface area (Å²) in [5, 5.41) is 17.5. The Hall–Kier alpha value is -1.32. The SMILES string of the molecule is CCCCCCCCCCC/C=C\CC(CC(=O)O)C(=O)O. The van der Waals surface area contributed by atoms with E-state index in [1.54, 1.807) is 0 Å². The van der Waals surface area contributed by atoms with Crippen molar-refractivity contribution >= 4 is 11.9 Å². The Balaban J connectivity index is 3.50. The lowest BCUT2D eigenvalue weighted by molar-refractivity contribution is -0.148. The van der Waals surface area contributed by atoms with Crippen molar-refractivity contribution < 1.29 is 19.8 Å². The van der Waals surface area contributed by atoms with Crippen LogP contribution in [0.4, 0.5) is 0 Å². The third kappa shape index (κ3) is 13.7. The normalized spacial score (nSPS) is 12.6. The number of hydrogen-bond acceptors (Lipinski definition) is 2. The number of hydrogen-bond donors (Lipinski definition) is 2. The zero-order chi connectivity index (χ0) is 16.6. The van der Waals surface area contributed by atoms with E-state index in [-0.39, 0.29) is 6.42 Å². The standard InChI is InChI=1S/C18H32O4/c1-2-3-4-5-6-7-8-9-10-11-12-13-14-16(18(21)22)15-17(19)20/h12-13,16H,2-11,14-15H2,1H3,(H,19,20)(H,21,22)/b13-12-. The van der Waals surface area contributed by atoms with Crippen LogP contribution in [-0.2, 0) is 9.59 Å². The van der Waals surface area contributed by atoms with Crippen LogP contribution in [0.2, 0.25) is 0 Å². The zero-order valence-electron chi connectivity index (χ0n) is 13.9. The molecule has 0 radical (unpaired) electrons. The average molecular weight is 312 g/mol. The fourth-order valence-corrected chi connectivity index (χ4v) is 2.43. The van der Waals surface area contributed by atoms with Crippen molar-refractivity contribution in [2.45, 2.75) is 84.0 Å². The van der Waals surface area contributed by atoms with Crippen molar-refractivity contribution in [1.82, 2.24) is 0 Å². The van der Waals surface area contributed by atoms with Gasteiger partial charge in [0.25, 0.3) is 0 Å². The predicted molar refractivity (Wildman–Crippen MR) is 89.0 cm³/mol. The van der Waals surface area contributed by atoms with Gasteiger partial charge in [0.05, 0.1) is 12.3 Å². The minimum Gasteiger partial charge on any atom is -0.481 e. The summed E-state index contributed by atoms with van der Waals surface area (Å²) < 4.78 is 0. The molecule has 0 aromatic heterocycles. The monoisotopic (exact) mass is 312 g/mol. The minimum absolute atomic E-state index is 0.305. The second-order valence-electron chi connectivity index (χ2n) is 5.96. The first-order valence-electron chi connectivity index (χ1n) is 8.67. The number of rotatable bonds is 15. The molecule has 4 nitrogen and oxygen atoms in total. The van der Waals surface area contributed by atoms with Crippen LogP contribution < -0.4 is 0 Å². The number of carboxylic acid groups (broad SMARTS) is 2. The molecule has 0 fully saturated rings. The Bertz CT molecular complexity index is 323. The molecule has 0 aliphatic rings. The summed E-state index contributed by atoms with van der Waals surface area (Å²) >= 11 is 0. The summed E-state index contributed by atoms with van der Waals surface area (Å²) in [4.78, 5) is 21.4. The van der Waals surface area contributed by atoms with Gasteiger partial charge in [-0.15, -0.1) is 0 Å². The van der Waals surface area contributed by atoms with E-state index in [4.69, 9.17) is 10.2 Å². The van der Waals surface area contributed by atoms with Crippen molar-refractivity contribution in [3.63, 3.8) is 0 Å². The highest BCUT2D eigenvalue weighted by atomic mass is 16.4. The lowest BCUT2D eigenvalue weighted by Crippen LogP contribution is -2.16. The van der Waals surface area contributed by atoms with Gasteiger partial charge in [0.15, 0.2) is 0 Å². The zero-order valence-corrected chi connectivity index (χ0v) is 13.9. The Morgan fingerprint density at radius 1 is 0.864 bits per heavy atom. The fraction of sp³-hybridized carbons (Fsp3) is 0.778. The van der Waals surface area contributed by atoms with Gasteiger partial charge < -0.3 is 10.2 Å². The van der Waals surface area contributed by atoms with Gasteiger partial charge in [-0.05, 0) is 19.3 Å². The van der Waals surface area contributed by atoms with Gasteiger partial charge in [0, 0.05) is 0 Å². The molecule has 0 saturated carbocycles. The Morgan fingerprint density at radius 2 is 1.41 bits per heavy atom. The van der Waals surface area contributed by atoms with Crippen LogP contribution >= 0.6 is 0 Å².